The summed E-state index contributed by atoms with van der Waals surface area (Å²) < 4.78 is 57.4. The Morgan fingerprint density at radius 1 is 1.00 bits per heavy atom. The van der Waals surface area contributed by atoms with Crippen molar-refractivity contribution < 1.29 is 17.2 Å². The number of hydrogen-bond donors (Lipinski definition) is 0. The smallest absolute Gasteiger partial charge is 0.352 e. The number of rotatable bonds is 5. The molecule has 10 heteroatoms. The molecule has 1 aliphatic rings. The molecule has 158 valence electrons. The topological polar surface area (TPSA) is 81.0 Å². The minimum atomic E-state index is -4.81. The molecule has 7 nitrogen and oxygen atoms in total. The summed E-state index contributed by atoms with van der Waals surface area (Å²) in [7, 11) is -3.06. The molecule has 2 aromatic heterocycles. The fourth-order valence-corrected chi connectivity index (χ4v) is 5.27. The third-order valence-electron chi connectivity index (χ3n) is 5.54. The van der Waals surface area contributed by atoms with E-state index in [2.05, 4.69) is 15.3 Å². The highest BCUT2D eigenvalue weighted by molar-refractivity contribution is 7.92. The highest BCUT2D eigenvalue weighted by Gasteiger charge is 2.53. The van der Waals surface area contributed by atoms with E-state index >= 15 is 8.78 Å². The zero-order valence-corrected chi connectivity index (χ0v) is 17.1. The van der Waals surface area contributed by atoms with E-state index < -0.39 is 21.0 Å². The number of alkyl halides is 2. The number of anilines is 1. The van der Waals surface area contributed by atoms with E-state index in [1.165, 1.54) is 30.5 Å². The van der Waals surface area contributed by atoms with Crippen LogP contribution in [0.3, 0.4) is 0 Å². The molecule has 3 heterocycles. The number of hydrogen-bond acceptors (Lipinski definition) is 6. The van der Waals surface area contributed by atoms with Gasteiger partial charge in [-0.1, -0.05) is 12.1 Å². The first-order valence-electron chi connectivity index (χ1n) is 9.53. The molecule has 3 aromatic rings. The van der Waals surface area contributed by atoms with E-state index in [4.69, 9.17) is 0 Å². The van der Waals surface area contributed by atoms with E-state index in [0.717, 1.165) is 11.4 Å². The Kier molecular flexibility index (Phi) is 5.27. The summed E-state index contributed by atoms with van der Waals surface area (Å²) in [5, 5.41) is 7.72. The van der Waals surface area contributed by atoms with E-state index in [1.807, 2.05) is 4.90 Å². The van der Waals surface area contributed by atoms with Crippen LogP contribution in [0.1, 0.15) is 12.8 Å². The Bertz CT molecular complexity index is 1110. The van der Waals surface area contributed by atoms with Gasteiger partial charge in [-0.25, -0.2) is 8.42 Å². The number of aryl methyl sites for hydroxylation is 1. The molecule has 0 amide bonds. The highest BCUT2D eigenvalue weighted by atomic mass is 32.2. The molecule has 0 aliphatic carbocycles. The summed E-state index contributed by atoms with van der Waals surface area (Å²) in [5.74, 6) is -1.25. The normalized spacial score (nSPS) is 16.0. The van der Waals surface area contributed by atoms with Crippen LogP contribution >= 0.6 is 0 Å². The molecule has 0 saturated carbocycles. The van der Waals surface area contributed by atoms with Crippen molar-refractivity contribution in [3.05, 3.63) is 55.0 Å². The van der Waals surface area contributed by atoms with Crippen LogP contribution in [-0.4, -0.2) is 46.7 Å². The maximum Gasteiger partial charge on any atom is 0.352 e. The maximum atomic E-state index is 15.1. The molecule has 30 heavy (non-hydrogen) atoms. The van der Waals surface area contributed by atoms with Crippen LogP contribution in [0, 0.1) is 5.92 Å². The summed E-state index contributed by atoms with van der Waals surface area (Å²) in [4.78, 5) is 1.54. The number of aromatic nitrogens is 4. The van der Waals surface area contributed by atoms with Crippen molar-refractivity contribution >= 4 is 15.5 Å². The van der Waals surface area contributed by atoms with Gasteiger partial charge in [0.05, 0.1) is 28.7 Å². The Morgan fingerprint density at radius 2 is 1.70 bits per heavy atom. The van der Waals surface area contributed by atoms with Gasteiger partial charge in [-0.15, -0.1) is 0 Å². The zero-order valence-electron chi connectivity index (χ0n) is 16.3. The van der Waals surface area contributed by atoms with Gasteiger partial charge in [-0.05, 0) is 42.7 Å². The molecule has 0 unspecified atom stereocenters. The molecule has 0 spiro atoms. The number of benzene rings is 1. The monoisotopic (exact) mass is 433 g/mol. The maximum absolute atomic E-state index is 15.1. The molecule has 0 bridgehead atoms. The first-order valence-corrected chi connectivity index (χ1v) is 11.0. The number of piperidine rings is 1. The molecule has 1 aromatic carbocycles. The van der Waals surface area contributed by atoms with Crippen molar-refractivity contribution in [3.63, 3.8) is 0 Å². The lowest BCUT2D eigenvalue weighted by Gasteiger charge is -2.36. The first kappa shape index (κ1) is 20.4. The molecule has 0 N–H and O–H groups in total. The van der Waals surface area contributed by atoms with E-state index in [-0.39, 0.29) is 17.7 Å². The third kappa shape index (κ3) is 3.55. The third-order valence-corrected chi connectivity index (χ3v) is 7.49. The molecule has 1 fully saturated rings. The van der Waals surface area contributed by atoms with Crippen molar-refractivity contribution in [1.29, 1.82) is 0 Å². The SMILES string of the molecule is Cn1nccc1-c1ccc(S(=O)(=O)C(F)(F)C2CCN(c3ccnnc3)CC2)cc1. The Hall–Kier alpha value is -2.88. The van der Waals surface area contributed by atoms with Crippen LogP contribution in [0.4, 0.5) is 14.5 Å². The lowest BCUT2D eigenvalue weighted by Crippen LogP contribution is -2.44. The molecular formula is C20H21F2N5O2S. The molecular weight excluding hydrogens is 412 g/mol. The Balaban J connectivity index is 1.51. The van der Waals surface area contributed by atoms with Crippen LogP contribution in [0.15, 0.2) is 59.9 Å². The first-order chi connectivity index (χ1) is 14.3. The van der Waals surface area contributed by atoms with E-state index in [0.29, 0.717) is 18.7 Å². The van der Waals surface area contributed by atoms with Crippen LogP contribution in [0.2, 0.25) is 0 Å². The van der Waals surface area contributed by atoms with Crippen LogP contribution in [0.25, 0.3) is 11.3 Å². The van der Waals surface area contributed by atoms with Crippen molar-refractivity contribution in [2.24, 2.45) is 13.0 Å². The molecule has 1 aliphatic heterocycles. The van der Waals surface area contributed by atoms with Gasteiger partial charge in [-0.3, -0.25) is 4.68 Å². The van der Waals surface area contributed by atoms with Crippen molar-refractivity contribution in [2.75, 3.05) is 18.0 Å². The lowest BCUT2D eigenvalue weighted by atomic mass is 9.97. The largest absolute Gasteiger partial charge is 0.370 e. The van der Waals surface area contributed by atoms with Crippen LogP contribution in [-0.2, 0) is 16.9 Å². The molecule has 0 atom stereocenters. The second-order valence-corrected chi connectivity index (χ2v) is 9.31. The predicted octanol–water partition coefficient (Wildman–Crippen LogP) is 3.16. The number of nitrogens with zero attached hydrogens (tertiary/aromatic N) is 5. The van der Waals surface area contributed by atoms with Gasteiger partial charge in [0.15, 0.2) is 0 Å². The van der Waals surface area contributed by atoms with Gasteiger partial charge >= 0.3 is 5.25 Å². The van der Waals surface area contributed by atoms with Crippen molar-refractivity contribution in [2.45, 2.75) is 23.0 Å². The second-order valence-electron chi connectivity index (χ2n) is 7.29. The van der Waals surface area contributed by atoms with E-state index in [9.17, 15) is 8.42 Å². The highest BCUT2D eigenvalue weighted by Crippen LogP contribution is 2.41. The van der Waals surface area contributed by atoms with Gasteiger partial charge in [0, 0.05) is 32.3 Å². The lowest BCUT2D eigenvalue weighted by molar-refractivity contribution is 0.0149. The molecule has 4 rings (SSSR count). The van der Waals surface area contributed by atoms with Gasteiger partial charge < -0.3 is 4.90 Å². The summed E-state index contributed by atoms with van der Waals surface area (Å²) >= 11 is 0. The molecule has 1 saturated heterocycles. The number of sulfone groups is 1. The Morgan fingerprint density at radius 3 is 2.27 bits per heavy atom. The average molecular weight is 433 g/mol. The summed E-state index contributed by atoms with van der Waals surface area (Å²) in [6.45, 7) is 0.668. The summed E-state index contributed by atoms with van der Waals surface area (Å²) in [6, 6.07) is 9.06. The minimum Gasteiger partial charge on any atom is -0.370 e. The van der Waals surface area contributed by atoms with Crippen molar-refractivity contribution in [3.8, 4) is 11.3 Å². The van der Waals surface area contributed by atoms with Gasteiger partial charge in [0.2, 0.25) is 9.84 Å². The summed E-state index contributed by atoms with van der Waals surface area (Å²) in [6.07, 6.45) is 4.86. The zero-order chi connectivity index (χ0) is 21.4. The number of halogens is 2. The van der Waals surface area contributed by atoms with E-state index in [1.54, 1.807) is 36.3 Å². The van der Waals surface area contributed by atoms with Crippen molar-refractivity contribution in [1.82, 2.24) is 20.0 Å². The minimum absolute atomic E-state index is 0.0711. The fourth-order valence-electron chi connectivity index (χ4n) is 3.78. The van der Waals surface area contributed by atoms with Crippen LogP contribution < -0.4 is 4.90 Å². The predicted molar refractivity (Wildman–Crippen MR) is 108 cm³/mol. The Labute approximate surface area is 173 Å². The molecule has 0 radical (unpaired) electrons. The fraction of sp³-hybridized carbons (Fsp3) is 0.350. The summed E-state index contributed by atoms with van der Waals surface area (Å²) in [5.41, 5.74) is 2.26. The quantitative estimate of drug-likeness (QED) is 0.615. The van der Waals surface area contributed by atoms with Gasteiger partial charge in [0.1, 0.15) is 0 Å². The van der Waals surface area contributed by atoms with Gasteiger partial charge in [-0.2, -0.15) is 24.1 Å². The van der Waals surface area contributed by atoms with Crippen LogP contribution in [0.5, 0.6) is 0 Å². The standard InChI is InChI=1S/C20H21F2N5O2S/c1-26-19(7-11-25-26)15-2-4-18(5-3-15)30(28,29)20(21,22)16-8-12-27(13-9-16)17-6-10-23-24-14-17/h2-7,10-11,14,16H,8-9,12-13H2,1H3. The van der Waals surface area contributed by atoms with Gasteiger partial charge in [0.25, 0.3) is 0 Å². The average Bonchev–Trinajstić information content (AvgIpc) is 3.20. The second kappa shape index (κ2) is 7.75.